The molecule has 2 aromatic carbocycles. The van der Waals surface area contributed by atoms with Crippen LogP contribution in [0.25, 0.3) is 21.7 Å². The topological polar surface area (TPSA) is 88.3 Å². The molecular weight excluding hydrogens is 256 g/mol. The minimum atomic E-state index is -0.495. The number of aromatic nitrogens is 1. The van der Waals surface area contributed by atoms with E-state index in [4.69, 9.17) is 10.5 Å². The molecule has 0 aliphatic carbocycles. The monoisotopic (exact) mass is 270 g/mol. The van der Waals surface area contributed by atoms with Crippen LogP contribution in [0.2, 0.25) is 0 Å². The van der Waals surface area contributed by atoms with Crippen LogP contribution in [-0.2, 0) is 4.74 Å². The maximum Gasteiger partial charge on any atom is 0.342 e. The molecule has 0 unspecified atom stereocenters. The number of carbonyl (C=O) groups excluding carboxylic acids is 1. The molecule has 0 saturated heterocycles. The van der Waals surface area contributed by atoms with Gasteiger partial charge in [0.1, 0.15) is 17.1 Å². The van der Waals surface area contributed by atoms with Crippen LogP contribution in [0, 0.1) is 0 Å². The number of carbonyl (C=O) groups is 1. The molecule has 0 radical (unpaired) electrons. The largest absolute Gasteiger partial charge is 0.507 e. The molecule has 3 aromatic rings. The van der Waals surface area contributed by atoms with Crippen LogP contribution in [0.5, 0.6) is 5.75 Å². The highest BCUT2D eigenvalue weighted by Crippen LogP contribution is 2.36. The normalized spacial score (nSPS) is 11.1. The zero-order chi connectivity index (χ0) is 14.3. The van der Waals surface area contributed by atoms with Gasteiger partial charge in [-0.15, -0.1) is 0 Å². The highest BCUT2D eigenvalue weighted by Gasteiger charge is 2.20. The number of nitrogens with two attached hydrogens (primary N) is 1. The van der Waals surface area contributed by atoms with Crippen molar-refractivity contribution >= 4 is 33.5 Å². The summed E-state index contributed by atoms with van der Waals surface area (Å²) in [5.74, 6) is -0.141. The Balaban J connectivity index is 2.39. The molecule has 0 atom stereocenters. The number of benzene rings is 2. The molecule has 0 aliphatic rings. The minimum absolute atomic E-state index is 0.109. The second-order valence-electron chi connectivity index (χ2n) is 4.50. The molecule has 3 rings (SSSR count). The van der Waals surface area contributed by atoms with E-state index in [1.54, 1.807) is 6.92 Å². The molecule has 0 bridgehead atoms. The van der Waals surface area contributed by atoms with Gasteiger partial charge in [-0.05, 0) is 13.0 Å². The lowest BCUT2D eigenvalue weighted by atomic mass is 10.0. The first-order chi connectivity index (χ1) is 9.63. The molecule has 4 N–H and O–H groups in total. The van der Waals surface area contributed by atoms with Crippen molar-refractivity contribution in [2.45, 2.75) is 6.92 Å². The zero-order valence-electron chi connectivity index (χ0n) is 10.9. The first-order valence-corrected chi connectivity index (χ1v) is 6.32. The fraction of sp³-hybridized carbons (Fsp3) is 0.133. The fourth-order valence-corrected chi connectivity index (χ4v) is 2.45. The molecule has 5 nitrogen and oxygen atoms in total. The molecule has 20 heavy (non-hydrogen) atoms. The number of ether oxygens (including phenoxy) is 1. The van der Waals surface area contributed by atoms with E-state index in [1.165, 1.54) is 6.07 Å². The Kier molecular flexibility index (Phi) is 2.75. The summed E-state index contributed by atoms with van der Waals surface area (Å²) in [6, 6.07) is 8.92. The van der Waals surface area contributed by atoms with E-state index >= 15 is 0 Å². The number of anilines is 1. The summed E-state index contributed by atoms with van der Waals surface area (Å²) >= 11 is 0. The van der Waals surface area contributed by atoms with Gasteiger partial charge in [-0.25, -0.2) is 4.79 Å². The standard InChI is InChI=1S/C15H14N2O3/c1-2-20-15(19)12-10-7-11(18)8-5-3-4-6-9(8)13(10)17-14(12)16/h3-7,17-18H,2,16H2,1H3. The van der Waals surface area contributed by atoms with Crippen LogP contribution in [-0.4, -0.2) is 22.7 Å². The van der Waals surface area contributed by atoms with Crippen molar-refractivity contribution in [1.29, 1.82) is 0 Å². The van der Waals surface area contributed by atoms with Crippen molar-refractivity contribution in [1.82, 2.24) is 4.98 Å². The van der Waals surface area contributed by atoms with Crippen molar-refractivity contribution in [3.63, 3.8) is 0 Å². The zero-order valence-corrected chi connectivity index (χ0v) is 10.9. The maximum atomic E-state index is 12.0. The summed E-state index contributed by atoms with van der Waals surface area (Å²) in [5.41, 5.74) is 6.88. The van der Waals surface area contributed by atoms with Crippen molar-refractivity contribution < 1.29 is 14.6 Å². The summed E-state index contributed by atoms with van der Waals surface area (Å²) in [6.07, 6.45) is 0. The third-order valence-corrected chi connectivity index (χ3v) is 3.30. The van der Waals surface area contributed by atoms with Crippen LogP contribution < -0.4 is 5.73 Å². The Hall–Kier alpha value is -2.69. The second kappa shape index (κ2) is 4.45. The number of fused-ring (bicyclic) bond motifs is 3. The lowest BCUT2D eigenvalue weighted by Gasteiger charge is -2.04. The molecule has 1 aromatic heterocycles. The first-order valence-electron chi connectivity index (χ1n) is 6.32. The van der Waals surface area contributed by atoms with E-state index in [0.717, 1.165) is 10.9 Å². The molecular formula is C15H14N2O3. The van der Waals surface area contributed by atoms with Crippen molar-refractivity contribution in [2.75, 3.05) is 12.3 Å². The fourth-order valence-electron chi connectivity index (χ4n) is 2.45. The summed E-state index contributed by atoms with van der Waals surface area (Å²) in [6.45, 7) is 2.00. The Morgan fingerprint density at radius 2 is 2.00 bits per heavy atom. The lowest BCUT2D eigenvalue weighted by molar-refractivity contribution is 0.0530. The van der Waals surface area contributed by atoms with E-state index in [1.807, 2.05) is 24.3 Å². The number of phenolic OH excluding ortho intramolecular Hbond substituents is 1. The van der Waals surface area contributed by atoms with Crippen LogP contribution in [0.1, 0.15) is 17.3 Å². The number of hydrogen-bond acceptors (Lipinski definition) is 4. The van der Waals surface area contributed by atoms with Crippen LogP contribution in [0.3, 0.4) is 0 Å². The highest BCUT2D eigenvalue weighted by atomic mass is 16.5. The van der Waals surface area contributed by atoms with E-state index in [9.17, 15) is 9.90 Å². The Morgan fingerprint density at radius 1 is 1.30 bits per heavy atom. The van der Waals surface area contributed by atoms with Gasteiger partial charge in [0, 0.05) is 16.2 Å². The van der Waals surface area contributed by atoms with E-state index in [-0.39, 0.29) is 23.7 Å². The Bertz CT molecular complexity index is 821. The minimum Gasteiger partial charge on any atom is -0.507 e. The highest BCUT2D eigenvalue weighted by molar-refractivity contribution is 6.17. The predicted octanol–water partition coefficient (Wildman–Crippen LogP) is 2.79. The van der Waals surface area contributed by atoms with Gasteiger partial charge < -0.3 is 20.6 Å². The smallest absolute Gasteiger partial charge is 0.342 e. The van der Waals surface area contributed by atoms with E-state index in [2.05, 4.69) is 4.98 Å². The van der Waals surface area contributed by atoms with Gasteiger partial charge in [0.25, 0.3) is 0 Å². The summed E-state index contributed by atoms with van der Waals surface area (Å²) in [7, 11) is 0. The Morgan fingerprint density at radius 3 is 2.70 bits per heavy atom. The summed E-state index contributed by atoms with van der Waals surface area (Å²) in [4.78, 5) is 15.0. The first kappa shape index (κ1) is 12.3. The molecule has 1 heterocycles. The average molecular weight is 270 g/mol. The van der Waals surface area contributed by atoms with Crippen molar-refractivity contribution in [3.8, 4) is 5.75 Å². The molecule has 0 saturated carbocycles. The van der Waals surface area contributed by atoms with Crippen LogP contribution in [0.4, 0.5) is 5.82 Å². The van der Waals surface area contributed by atoms with Crippen molar-refractivity contribution in [2.24, 2.45) is 0 Å². The maximum absolute atomic E-state index is 12.0. The van der Waals surface area contributed by atoms with Gasteiger partial charge >= 0.3 is 5.97 Å². The number of nitrogens with one attached hydrogen (secondary N) is 1. The average Bonchev–Trinajstić information content (AvgIpc) is 2.76. The predicted molar refractivity (Wildman–Crippen MR) is 77.8 cm³/mol. The van der Waals surface area contributed by atoms with E-state index in [0.29, 0.717) is 10.8 Å². The van der Waals surface area contributed by atoms with Gasteiger partial charge in [-0.1, -0.05) is 24.3 Å². The van der Waals surface area contributed by atoms with Crippen molar-refractivity contribution in [3.05, 3.63) is 35.9 Å². The van der Waals surface area contributed by atoms with Gasteiger partial charge in [0.05, 0.1) is 12.1 Å². The number of phenols is 1. The molecule has 0 spiro atoms. The second-order valence-corrected chi connectivity index (χ2v) is 4.50. The van der Waals surface area contributed by atoms with E-state index < -0.39 is 5.97 Å². The lowest BCUT2D eigenvalue weighted by Crippen LogP contribution is -2.06. The van der Waals surface area contributed by atoms with Gasteiger partial charge in [-0.2, -0.15) is 0 Å². The number of H-pyrrole nitrogens is 1. The molecule has 0 fully saturated rings. The quantitative estimate of drug-likeness (QED) is 0.625. The third-order valence-electron chi connectivity index (χ3n) is 3.30. The summed E-state index contributed by atoms with van der Waals surface area (Å²) in [5, 5.41) is 12.2. The number of nitrogen functional groups attached to an aromatic ring is 1. The van der Waals surface area contributed by atoms with Crippen LogP contribution in [0.15, 0.2) is 30.3 Å². The molecule has 0 amide bonds. The Labute approximate surface area is 115 Å². The third kappa shape index (κ3) is 1.67. The van der Waals surface area contributed by atoms with Gasteiger partial charge in [0.15, 0.2) is 0 Å². The molecule has 102 valence electrons. The number of rotatable bonds is 2. The molecule has 5 heteroatoms. The number of esters is 1. The number of hydrogen-bond donors (Lipinski definition) is 3. The number of aromatic hydroxyl groups is 1. The van der Waals surface area contributed by atoms with Gasteiger partial charge in [-0.3, -0.25) is 0 Å². The summed E-state index contributed by atoms with van der Waals surface area (Å²) < 4.78 is 5.01. The number of aromatic amines is 1. The SMILES string of the molecule is CCOC(=O)c1c(N)[nH]c2c1cc(O)c1ccccc12. The van der Waals surface area contributed by atoms with Crippen LogP contribution >= 0.6 is 0 Å². The van der Waals surface area contributed by atoms with Gasteiger partial charge in [0.2, 0.25) is 0 Å². The molecule has 0 aliphatic heterocycles.